The van der Waals surface area contributed by atoms with Gasteiger partial charge in [-0.25, -0.2) is 4.79 Å². The molecule has 0 saturated heterocycles. The molecular formula is C24H18F3NO4. The average molecular weight is 441 g/mol. The molecule has 0 spiro atoms. The molecule has 0 bridgehead atoms. The third kappa shape index (κ3) is 3.91. The van der Waals surface area contributed by atoms with E-state index in [0.29, 0.717) is 11.1 Å². The van der Waals surface area contributed by atoms with E-state index < -0.39 is 29.9 Å². The second-order valence-corrected chi connectivity index (χ2v) is 7.06. The van der Waals surface area contributed by atoms with Gasteiger partial charge in [-0.2, -0.15) is 13.2 Å². The normalized spacial score (nSPS) is 15.7. The summed E-state index contributed by atoms with van der Waals surface area (Å²) in [5.74, 6) is -4.30. The molecule has 3 aromatic rings. The topological polar surface area (TPSA) is 64.6 Å². The summed E-state index contributed by atoms with van der Waals surface area (Å²) in [6, 6.07) is 19.6. The number of carbonyl (C=O) groups excluding carboxylic acids is 2. The molecule has 32 heavy (non-hydrogen) atoms. The van der Waals surface area contributed by atoms with Gasteiger partial charge in [-0.05, 0) is 29.3 Å². The van der Waals surface area contributed by atoms with Crippen molar-refractivity contribution in [2.45, 2.75) is 19.0 Å². The fourth-order valence-corrected chi connectivity index (χ4v) is 3.77. The van der Waals surface area contributed by atoms with Gasteiger partial charge in [0.2, 0.25) is 5.88 Å². The van der Waals surface area contributed by atoms with Gasteiger partial charge in [0.1, 0.15) is 11.3 Å². The molecule has 1 aliphatic heterocycles. The van der Waals surface area contributed by atoms with E-state index in [1.165, 1.54) is 0 Å². The summed E-state index contributed by atoms with van der Waals surface area (Å²) in [6.45, 7) is 1.57. The highest BCUT2D eigenvalue weighted by atomic mass is 19.4. The molecule has 8 heteroatoms. The Balaban J connectivity index is 2.00. The van der Waals surface area contributed by atoms with Crippen molar-refractivity contribution in [3.05, 3.63) is 89.3 Å². The van der Waals surface area contributed by atoms with Crippen molar-refractivity contribution >= 4 is 22.6 Å². The number of ether oxygens (including phenoxy) is 2. The summed E-state index contributed by atoms with van der Waals surface area (Å²) >= 11 is 0. The van der Waals surface area contributed by atoms with Crippen LogP contribution >= 0.6 is 0 Å². The van der Waals surface area contributed by atoms with E-state index in [1.54, 1.807) is 54.7 Å². The number of esters is 1. The van der Waals surface area contributed by atoms with Crippen molar-refractivity contribution in [3.8, 4) is 5.75 Å². The second kappa shape index (κ2) is 8.37. The minimum atomic E-state index is -5.16. The first-order valence-corrected chi connectivity index (χ1v) is 9.85. The van der Waals surface area contributed by atoms with E-state index in [0.717, 1.165) is 10.8 Å². The van der Waals surface area contributed by atoms with Gasteiger partial charge in [0.25, 0.3) is 0 Å². The van der Waals surface area contributed by atoms with Crippen molar-refractivity contribution in [1.82, 2.24) is 5.32 Å². The quantitative estimate of drug-likeness (QED) is 0.590. The molecule has 1 aliphatic rings. The van der Waals surface area contributed by atoms with Crippen molar-refractivity contribution in [3.63, 3.8) is 0 Å². The second-order valence-electron chi connectivity index (χ2n) is 7.06. The largest absolute Gasteiger partial charge is 0.471 e. The lowest BCUT2D eigenvalue weighted by atomic mass is 9.80. The van der Waals surface area contributed by atoms with Crippen LogP contribution in [-0.2, 0) is 14.3 Å². The van der Waals surface area contributed by atoms with E-state index in [9.17, 15) is 22.8 Å². The van der Waals surface area contributed by atoms with Crippen molar-refractivity contribution < 1.29 is 32.2 Å². The number of nitrogens with one attached hydrogen (secondary N) is 1. The van der Waals surface area contributed by atoms with Crippen LogP contribution in [0.4, 0.5) is 13.2 Å². The van der Waals surface area contributed by atoms with Crippen LogP contribution in [0.5, 0.6) is 5.75 Å². The standard InChI is InChI=1S/C24H18F3NO4/c1-2-31-22(29)20-18(15-9-4-3-5-10-15)19-16-11-7-6-8-14(16)12-13-17(19)32-21(20)28-23(30)24(25,26)27/h3-13,18H,2H2,1H3,(H,28,30). The average Bonchev–Trinajstić information content (AvgIpc) is 2.78. The summed E-state index contributed by atoms with van der Waals surface area (Å²) in [7, 11) is 0. The molecule has 3 aromatic carbocycles. The first-order valence-electron chi connectivity index (χ1n) is 9.85. The zero-order valence-corrected chi connectivity index (χ0v) is 16.9. The molecule has 1 atom stereocenters. The molecule has 0 radical (unpaired) electrons. The van der Waals surface area contributed by atoms with Gasteiger partial charge in [-0.15, -0.1) is 0 Å². The van der Waals surface area contributed by atoms with Gasteiger partial charge < -0.3 is 9.47 Å². The Hall–Kier alpha value is -3.81. The molecule has 5 nitrogen and oxygen atoms in total. The van der Waals surface area contributed by atoms with E-state index >= 15 is 0 Å². The number of halogens is 3. The minimum Gasteiger partial charge on any atom is -0.462 e. The lowest BCUT2D eigenvalue weighted by molar-refractivity contribution is -0.173. The van der Waals surface area contributed by atoms with Gasteiger partial charge in [-0.1, -0.05) is 60.7 Å². The molecule has 1 unspecified atom stereocenters. The summed E-state index contributed by atoms with van der Waals surface area (Å²) in [5, 5.41) is 3.36. The first kappa shape index (κ1) is 21.4. The van der Waals surface area contributed by atoms with Crippen LogP contribution in [0.2, 0.25) is 0 Å². The van der Waals surface area contributed by atoms with Crippen LogP contribution < -0.4 is 10.1 Å². The highest BCUT2D eigenvalue weighted by molar-refractivity contribution is 5.98. The Kier molecular flexibility index (Phi) is 5.61. The summed E-state index contributed by atoms with van der Waals surface area (Å²) in [4.78, 5) is 24.7. The number of rotatable bonds is 4. The Morgan fingerprint density at radius 2 is 1.69 bits per heavy atom. The van der Waals surface area contributed by atoms with E-state index in [2.05, 4.69) is 0 Å². The molecule has 0 aliphatic carbocycles. The number of fused-ring (bicyclic) bond motifs is 3. The Morgan fingerprint density at radius 1 is 1.00 bits per heavy atom. The van der Waals surface area contributed by atoms with E-state index in [1.807, 2.05) is 24.3 Å². The van der Waals surface area contributed by atoms with Crippen LogP contribution in [0.3, 0.4) is 0 Å². The lowest BCUT2D eigenvalue weighted by Crippen LogP contribution is -2.40. The molecule has 164 valence electrons. The Morgan fingerprint density at radius 3 is 2.38 bits per heavy atom. The highest BCUT2D eigenvalue weighted by Gasteiger charge is 2.43. The minimum absolute atomic E-state index is 0.00721. The number of carbonyl (C=O) groups is 2. The predicted octanol–water partition coefficient (Wildman–Crippen LogP) is 4.82. The van der Waals surface area contributed by atoms with Gasteiger partial charge in [-0.3, -0.25) is 10.1 Å². The van der Waals surface area contributed by atoms with Crippen molar-refractivity contribution in [2.24, 2.45) is 0 Å². The predicted molar refractivity (Wildman–Crippen MR) is 111 cm³/mol. The van der Waals surface area contributed by atoms with Crippen LogP contribution in [0.1, 0.15) is 24.0 Å². The van der Waals surface area contributed by atoms with Crippen molar-refractivity contribution in [1.29, 1.82) is 0 Å². The van der Waals surface area contributed by atoms with Crippen molar-refractivity contribution in [2.75, 3.05) is 6.61 Å². The lowest BCUT2D eigenvalue weighted by Gasteiger charge is -2.31. The van der Waals surface area contributed by atoms with Crippen LogP contribution in [0.25, 0.3) is 10.8 Å². The first-order chi connectivity index (χ1) is 15.3. The molecule has 1 amide bonds. The van der Waals surface area contributed by atoms with Gasteiger partial charge >= 0.3 is 18.1 Å². The fourth-order valence-electron chi connectivity index (χ4n) is 3.77. The van der Waals surface area contributed by atoms with Gasteiger partial charge in [0, 0.05) is 5.56 Å². The van der Waals surface area contributed by atoms with E-state index in [4.69, 9.17) is 9.47 Å². The monoisotopic (exact) mass is 441 g/mol. The smallest absolute Gasteiger partial charge is 0.462 e. The van der Waals surface area contributed by atoms with Crippen LogP contribution in [0, 0.1) is 0 Å². The molecular weight excluding hydrogens is 423 g/mol. The molecule has 1 N–H and O–H groups in total. The molecule has 0 saturated carbocycles. The number of hydrogen-bond donors (Lipinski definition) is 1. The highest BCUT2D eigenvalue weighted by Crippen LogP contribution is 2.46. The summed E-state index contributed by atoms with van der Waals surface area (Å²) < 4.78 is 49.8. The molecule has 0 aromatic heterocycles. The molecule has 0 fully saturated rings. The SMILES string of the molecule is CCOC(=O)C1=C(NC(=O)C(F)(F)F)Oc2ccc3ccccc3c2C1c1ccccc1. The van der Waals surface area contributed by atoms with Crippen LogP contribution in [0.15, 0.2) is 78.2 Å². The van der Waals surface area contributed by atoms with Crippen LogP contribution in [-0.4, -0.2) is 24.7 Å². The zero-order valence-electron chi connectivity index (χ0n) is 16.9. The third-order valence-electron chi connectivity index (χ3n) is 5.08. The maximum Gasteiger partial charge on any atom is 0.471 e. The summed E-state index contributed by atoms with van der Waals surface area (Å²) in [6.07, 6.45) is -5.16. The van der Waals surface area contributed by atoms with Gasteiger partial charge in [0.15, 0.2) is 0 Å². The number of benzene rings is 3. The molecule has 1 heterocycles. The zero-order chi connectivity index (χ0) is 22.9. The maximum atomic E-state index is 13.0. The number of alkyl halides is 3. The third-order valence-corrected chi connectivity index (χ3v) is 5.08. The summed E-state index contributed by atoms with van der Waals surface area (Å²) in [5.41, 5.74) is 1.03. The van der Waals surface area contributed by atoms with Gasteiger partial charge in [0.05, 0.1) is 12.5 Å². The number of amides is 1. The number of hydrogen-bond acceptors (Lipinski definition) is 4. The Bertz CT molecular complexity index is 1220. The maximum absolute atomic E-state index is 13.0. The Labute approximate surface area is 181 Å². The van der Waals surface area contributed by atoms with E-state index in [-0.39, 0.29) is 17.9 Å². The molecule has 4 rings (SSSR count). The fraction of sp³-hybridized carbons (Fsp3) is 0.167.